The number of alkyl halides is 3. The molecule has 3 aromatic carbocycles. The van der Waals surface area contributed by atoms with Crippen LogP contribution in [0.4, 0.5) is 13.2 Å². The highest BCUT2D eigenvalue weighted by atomic mass is 19.4. The van der Waals surface area contributed by atoms with Gasteiger partial charge in [-0.1, -0.05) is 30.3 Å². The highest BCUT2D eigenvalue weighted by Gasteiger charge is 2.39. The number of halogens is 3. The van der Waals surface area contributed by atoms with Crippen molar-refractivity contribution in [1.29, 1.82) is 0 Å². The standard InChI is InChI=1S/C29H27F3N2O6/c1-37-24-11-17(12-25-26(24)40-16-39-25)14-34-15-20(13-23(34)28(36)38-2)33-27(35)22-6-4-3-5-21(22)18-7-9-19(10-8-18)29(30,31)32/h3-12,20,23H,13-16H2,1-2H3,(H,33,35)/t20-,23+/m1/s1. The number of likely N-dealkylation sites (tertiary alicyclic amines) is 1. The summed E-state index contributed by atoms with van der Waals surface area (Å²) in [4.78, 5) is 27.9. The van der Waals surface area contributed by atoms with Gasteiger partial charge in [0.15, 0.2) is 11.5 Å². The SMILES string of the molecule is COC(=O)[C@@H]1C[C@@H](NC(=O)c2ccccc2-c2ccc(C(F)(F)F)cc2)CN1Cc1cc(OC)c2c(c1)OCO2. The molecule has 2 heterocycles. The lowest BCUT2D eigenvalue weighted by molar-refractivity contribution is -0.146. The zero-order chi connectivity index (χ0) is 28.4. The second-order valence-corrected chi connectivity index (χ2v) is 9.53. The summed E-state index contributed by atoms with van der Waals surface area (Å²) in [6, 6.07) is 14.0. The Labute approximate surface area is 228 Å². The number of amides is 1. The van der Waals surface area contributed by atoms with Gasteiger partial charge in [-0.25, -0.2) is 0 Å². The van der Waals surface area contributed by atoms with Gasteiger partial charge in [0, 0.05) is 24.7 Å². The average molecular weight is 557 g/mol. The van der Waals surface area contributed by atoms with Crippen LogP contribution in [0.5, 0.6) is 17.2 Å². The van der Waals surface area contributed by atoms with Crippen molar-refractivity contribution in [1.82, 2.24) is 10.2 Å². The van der Waals surface area contributed by atoms with Gasteiger partial charge >= 0.3 is 12.1 Å². The maximum absolute atomic E-state index is 13.4. The number of carbonyl (C=O) groups excluding carboxylic acids is 2. The minimum Gasteiger partial charge on any atom is -0.493 e. The summed E-state index contributed by atoms with van der Waals surface area (Å²) in [5.74, 6) is 0.774. The molecule has 8 nitrogen and oxygen atoms in total. The van der Waals surface area contributed by atoms with Crippen LogP contribution in [0.2, 0.25) is 0 Å². The van der Waals surface area contributed by atoms with Crippen LogP contribution in [-0.4, -0.2) is 56.4 Å². The van der Waals surface area contributed by atoms with Crippen LogP contribution in [0, 0.1) is 0 Å². The Morgan fingerprint density at radius 1 is 1.05 bits per heavy atom. The van der Waals surface area contributed by atoms with E-state index in [1.165, 1.54) is 26.4 Å². The number of hydrogen-bond donors (Lipinski definition) is 1. The zero-order valence-electron chi connectivity index (χ0n) is 21.8. The number of nitrogens with zero attached hydrogens (tertiary/aromatic N) is 1. The van der Waals surface area contributed by atoms with E-state index in [1.54, 1.807) is 24.3 Å². The smallest absolute Gasteiger partial charge is 0.416 e. The van der Waals surface area contributed by atoms with Crippen molar-refractivity contribution >= 4 is 11.9 Å². The minimum atomic E-state index is -4.45. The van der Waals surface area contributed by atoms with E-state index >= 15 is 0 Å². The molecule has 0 unspecified atom stereocenters. The van der Waals surface area contributed by atoms with E-state index in [0.29, 0.717) is 53.4 Å². The van der Waals surface area contributed by atoms with Crippen LogP contribution in [0.1, 0.15) is 27.9 Å². The third-order valence-electron chi connectivity index (χ3n) is 7.01. The number of esters is 1. The van der Waals surface area contributed by atoms with Crippen molar-refractivity contribution in [2.24, 2.45) is 0 Å². The van der Waals surface area contributed by atoms with Gasteiger partial charge in [0.05, 0.1) is 19.8 Å². The van der Waals surface area contributed by atoms with E-state index < -0.39 is 29.7 Å². The molecule has 1 N–H and O–H groups in total. The lowest BCUT2D eigenvalue weighted by atomic mass is 9.98. The number of carbonyl (C=O) groups is 2. The molecule has 0 bridgehead atoms. The number of nitrogens with one attached hydrogen (secondary N) is 1. The third kappa shape index (κ3) is 5.55. The molecule has 11 heteroatoms. The van der Waals surface area contributed by atoms with Crippen LogP contribution in [-0.2, 0) is 22.3 Å². The first-order valence-corrected chi connectivity index (χ1v) is 12.5. The van der Waals surface area contributed by atoms with Crippen molar-refractivity contribution in [3.63, 3.8) is 0 Å². The molecule has 0 aliphatic carbocycles. The normalized spacial score (nSPS) is 18.4. The number of ether oxygens (including phenoxy) is 4. The molecule has 0 saturated carbocycles. The first-order valence-electron chi connectivity index (χ1n) is 12.5. The van der Waals surface area contributed by atoms with Crippen LogP contribution in [0.15, 0.2) is 60.7 Å². The fraction of sp³-hybridized carbons (Fsp3) is 0.310. The molecule has 2 aliphatic heterocycles. The van der Waals surface area contributed by atoms with E-state index in [1.807, 2.05) is 17.0 Å². The molecule has 1 fully saturated rings. The Morgan fingerprint density at radius 3 is 2.50 bits per heavy atom. The van der Waals surface area contributed by atoms with Crippen LogP contribution < -0.4 is 19.5 Å². The Morgan fingerprint density at radius 2 is 1.80 bits per heavy atom. The fourth-order valence-corrected chi connectivity index (χ4v) is 5.11. The fourth-order valence-electron chi connectivity index (χ4n) is 5.11. The van der Waals surface area contributed by atoms with Gasteiger partial charge < -0.3 is 24.3 Å². The molecule has 40 heavy (non-hydrogen) atoms. The number of hydrogen-bond acceptors (Lipinski definition) is 7. The highest BCUT2D eigenvalue weighted by molar-refractivity contribution is 6.01. The topological polar surface area (TPSA) is 86.3 Å². The third-order valence-corrected chi connectivity index (χ3v) is 7.01. The van der Waals surface area contributed by atoms with Crippen LogP contribution in [0.25, 0.3) is 11.1 Å². The van der Waals surface area contributed by atoms with Crippen molar-refractivity contribution in [3.8, 4) is 28.4 Å². The zero-order valence-corrected chi connectivity index (χ0v) is 21.8. The van der Waals surface area contributed by atoms with E-state index in [-0.39, 0.29) is 12.8 Å². The van der Waals surface area contributed by atoms with Gasteiger partial charge in [-0.2, -0.15) is 13.2 Å². The molecule has 1 amide bonds. The molecule has 2 atom stereocenters. The number of rotatable bonds is 7. The first-order chi connectivity index (χ1) is 19.2. The Hall–Kier alpha value is -4.25. The second-order valence-electron chi connectivity index (χ2n) is 9.53. The molecule has 3 aromatic rings. The molecular weight excluding hydrogens is 529 g/mol. The lowest BCUT2D eigenvalue weighted by Gasteiger charge is -2.22. The quantitative estimate of drug-likeness (QED) is 0.424. The maximum atomic E-state index is 13.4. The van der Waals surface area contributed by atoms with Gasteiger partial charge in [-0.15, -0.1) is 0 Å². The summed E-state index contributed by atoms with van der Waals surface area (Å²) < 4.78 is 60.5. The molecule has 2 aliphatic rings. The van der Waals surface area contributed by atoms with Gasteiger partial charge in [-0.3, -0.25) is 14.5 Å². The molecule has 1 saturated heterocycles. The summed E-state index contributed by atoms with van der Waals surface area (Å²) in [6.45, 7) is 0.817. The molecule has 5 rings (SSSR count). The van der Waals surface area contributed by atoms with E-state index in [9.17, 15) is 22.8 Å². The molecule has 0 radical (unpaired) electrons. The summed E-state index contributed by atoms with van der Waals surface area (Å²) in [5, 5.41) is 2.99. The van der Waals surface area contributed by atoms with E-state index in [4.69, 9.17) is 18.9 Å². The largest absolute Gasteiger partial charge is 0.493 e. The van der Waals surface area contributed by atoms with Gasteiger partial charge in [-0.05, 0) is 53.4 Å². The predicted molar refractivity (Wildman–Crippen MR) is 138 cm³/mol. The molecular formula is C29H27F3N2O6. The Bertz CT molecular complexity index is 1410. The Kier molecular flexibility index (Phi) is 7.57. The summed E-state index contributed by atoms with van der Waals surface area (Å²) in [5.41, 5.74) is 1.36. The molecule has 0 aromatic heterocycles. The number of fused-ring (bicyclic) bond motifs is 1. The summed E-state index contributed by atoms with van der Waals surface area (Å²) in [7, 11) is 2.85. The van der Waals surface area contributed by atoms with Gasteiger partial charge in [0.2, 0.25) is 12.5 Å². The monoisotopic (exact) mass is 556 g/mol. The maximum Gasteiger partial charge on any atom is 0.416 e. The van der Waals surface area contributed by atoms with E-state index in [0.717, 1.165) is 17.7 Å². The van der Waals surface area contributed by atoms with Crippen molar-refractivity contribution in [2.45, 2.75) is 31.2 Å². The van der Waals surface area contributed by atoms with Crippen LogP contribution in [0.3, 0.4) is 0 Å². The second kappa shape index (κ2) is 11.1. The minimum absolute atomic E-state index is 0.0890. The summed E-state index contributed by atoms with van der Waals surface area (Å²) in [6.07, 6.45) is -4.13. The number of benzene rings is 3. The Balaban J connectivity index is 1.34. The summed E-state index contributed by atoms with van der Waals surface area (Å²) >= 11 is 0. The van der Waals surface area contributed by atoms with E-state index in [2.05, 4.69) is 5.32 Å². The van der Waals surface area contributed by atoms with Gasteiger partial charge in [0.25, 0.3) is 5.91 Å². The van der Waals surface area contributed by atoms with Crippen molar-refractivity contribution in [2.75, 3.05) is 27.6 Å². The van der Waals surface area contributed by atoms with Crippen LogP contribution >= 0.6 is 0 Å². The van der Waals surface area contributed by atoms with Crippen molar-refractivity contribution < 1.29 is 41.7 Å². The molecule has 0 spiro atoms. The average Bonchev–Trinajstić information content (AvgIpc) is 3.58. The highest BCUT2D eigenvalue weighted by Crippen LogP contribution is 2.42. The van der Waals surface area contributed by atoms with Gasteiger partial charge in [0.1, 0.15) is 6.04 Å². The molecule has 210 valence electrons. The lowest BCUT2D eigenvalue weighted by Crippen LogP contribution is -2.37. The number of methoxy groups -OCH3 is 2. The predicted octanol–water partition coefficient (Wildman–Crippen LogP) is 4.66. The first kappa shape index (κ1) is 27.3. The van der Waals surface area contributed by atoms with Crippen molar-refractivity contribution in [3.05, 3.63) is 77.4 Å².